The Labute approximate surface area is 156 Å². The summed E-state index contributed by atoms with van der Waals surface area (Å²) >= 11 is 0. The number of aromatic amines is 1. The van der Waals surface area contributed by atoms with Gasteiger partial charge in [-0.25, -0.2) is 9.97 Å². The Balaban J connectivity index is 0.00000150. The molecule has 0 unspecified atom stereocenters. The fraction of sp³-hybridized carbons (Fsp3) is 0.389. The van der Waals surface area contributed by atoms with Crippen LogP contribution in [-0.4, -0.2) is 39.8 Å². The molecule has 0 radical (unpaired) electrons. The van der Waals surface area contributed by atoms with Crippen molar-refractivity contribution >= 4 is 16.9 Å². The monoisotopic (exact) mass is 380 g/mol. The number of alkyl halides is 3. The molecular formula is C18H23F3N6. The van der Waals surface area contributed by atoms with Crippen molar-refractivity contribution in [3.05, 3.63) is 36.0 Å². The Morgan fingerprint density at radius 3 is 2.70 bits per heavy atom. The van der Waals surface area contributed by atoms with E-state index in [1.54, 1.807) is 18.3 Å². The van der Waals surface area contributed by atoms with Gasteiger partial charge in [0.2, 0.25) is 0 Å². The minimum Gasteiger partial charge on any atom is -0.357 e. The predicted molar refractivity (Wildman–Crippen MR) is 100 cm³/mol. The minimum atomic E-state index is -4.52. The van der Waals surface area contributed by atoms with Crippen LogP contribution >= 0.6 is 0 Å². The fourth-order valence-corrected chi connectivity index (χ4v) is 3.47. The van der Waals surface area contributed by atoms with Crippen LogP contribution in [0.25, 0.3) is 22.4 Å². The summed E-state index contributed by atoms with van der Waals surface area (Å²) in [4.78, 5) is 10.5. The lowest BCUT2D eigenvalue weighted by Gasteiger charge is -2.32. The van der Waals surface area contributed by atoms with Gasteiger partial charge in [-0.05, 0) is 49.6 Å². The second-order valence-electron chi connectivity index (χ2n) is 6.70. The maximum atomic E-state index is 13.6. The van der Waals surface area contributed by atoms with E-state index in [-0.39, 0.29) is 14.2 Å². The van der Waals surface area contributed by atoms with Crippen molar-refractivity contribution in [1.29, 1.82) is 0 Å². The van der Waals surface area contributed by atoms with Crippen LogP contribution in [0.1, 0.15) is 21.3 Å². The Hall–Kier alpha value is -2.68. The second-order valence-corrected chi connectivity index (χ2v) is 6.70. The molecule has 6 nitrogen and oxygen atoms in total. The highest BCUT2D eigenvalue weighted by Crippen LogP contribution is 2.38. The number of anilines is 1. The smallest absolute Gasteiger partial charge is 0.357 e. The fourth-order valence-electron chi connectivity index (χ4n) is 3.47. The van der Waals surface area contributed by atoms with Crippen molar-refractivity contribution in [3.63, 3.8) is 0 Å². The van der Waals surface area contributed by atoms with Crippen molar-refractivity contribution in [2.75, 3.05) is 24.5 Å². The van der Waals surface area contributed by atoms with Gasteiger partial charge in [-0.15, -0.1) is 0 Å². The zero-order valence-corrected chi connectivity index (χ0v) is 14.5. The number of piperidine rings is 1. The molecular weight excluding hydrogens is 357 g/mol. The van der Waals surface area contributed by atoms with Gasteiger partial charge in [-0.2, -0.15) is 18.3 Å². The molecule has 1 aliphatic heterocycles. The molecule has 1 fully saturated rings. The van der Waals surface area contributed by atoms with Crippen molar-refractivity contribution in [2.24, 2.45) is 11.7 Å². The largest absolute Gasteiger partial charge is 0.418 e. The topological polar surface area (TPSA) is 83.7 Å². The summed E-state index contributed by atoms with van der Waals surface area (Å²) in [7, 11) is 0. The average molecular weight is 380 g/mol. The first-order valence-corrected chi connectivity index (χ1v) is 8.80. The van der Waals surface area contributed by atoms with Gasteiger partial charge < -0.3 is 10.6 Å². The standard InChI is InChI=1S/C18H19F3N6.2H2/c19-18(20,21)13-3-4-14(27-8-5-11(10-22)6-9-27)24-16(13)15-12-2-1-7-23-17(12)26-25-15;;/h1-4,7,11H,5-6,8-10,22H2,(H,23,25,26);2*1H. The second kappa shape index (κ2) is 6.80. The highest BCUT2D eigenvalue weighted by atomic mass is 19.4. The van der Waals surface area contributed by atoms with E-state index in [4.69, 9.17) is 5.73 Å². The van der Waals surface area contributed by atoms with Crippen LogP contribution in [0.3, 0.4) is 0 Å². The van der Waals surface area contributed by atoms with E-state index in [0.717, 1.165) is 32.0 Å². The van der Waals surface area contributed by atoms with Crippen molar-refractivity contribution in [2.45, 2.75) is 19.0 Å². The third-order valence-electron chi connectivity index (χ3n) is 5.02. The average Bonchev–Trinajstić information content (AvgIpc) is 3.11. The number of nitrogens with zero attached hydrogens (tertiary/aromatic N) is 4. The highest BCUT2D eigenvalue weighted by molar-refractivity contribution is 5.90. The number of nitrogens with two attached hydrogens (primary N) is 1. The summed E-state index contributed by atoms with van der Waals surface area (Å²) in [5.74, 6) is 0.984. The predicted octanol–water partition coefficient (Wildman–Crippen LogP) is 3.71. The van der Waals surface area contributed by atoms with Crippen molar-refractivity contribution in [3.8, 4) is 11.4 Å². The van der Waals surface area contributed by atoms with E-state index in [9.17, 15) is 13.2 Å². The molecule has 1 saturated heterocycles. The van der Waals surface area contributed by atoms with Gasteiger partial charge in [0.25, 0.3) is 0 Å². The molecule has 0 aliphatic carbocycles. The molecule has 3 N–H and O–H groups in total. The molecule has 4 heterocycles. The molecule has 0 atom stereocenters. The summed E-state index contributed by atoms with van der Waals surface area (Å²) < 4.78 is 40.8. The van der Waals surface area contributed by atoms with Gasteiger partial charge in [-0.3, -0.25) is 5.10 Å². The van der Waals surface area contributed by atoms with E-state index in [1.165, 1.54) is 6.07 Å². The Bertz CT molecular complexity index is 954. The summed E-state index contributed by atoms with van der Waals surface area (Å²) in [5.41, 5.74) is 5.35. The molecule has 0 amide bonds. The lowest BCUT2D eigenvalue weighted by molar-refractivity contribution is -0.137. The summed E-state index contributed by atoms with van der Waals surface area (Å²) in [5, 5.41) is 7.20. The first kappa shape index (κ1) is 17.7. The molecule has 3 aromatic rings. The number of fused-ring (bicyclic) bond motifs is 1. The molecule has 4 rings (SSSR count). The van der Waals surface area contributed by atoms with Crippen LogP contribution in [-0.2, 0) is 6.18 Å². The number of aromatic nitrogens is 4. The van der Waals surface area contributed by atoms with E-state index in [2.05, 4.69) is 20.2 Å². The molecule has 1 aliphatic rings. The Morgan fingerprint density at radius 2 is 2.00 bits per heavy atom. The van der Waals surface area contributed by atoms with Crippen LogP contribution in [0, 0.1) is 5.92 Å². The molecule has 0 saturated carbocycles. The Kier molecular flexibility index (Phi) is 4.47. The first-order chi connectivity index (χ1) is 13.0. The Morgan fingerprint density at radius 1 is 1.22 bits per heavy atom. The number of pyridine rings is 2. The van der Waals surface area contributed by atoms with E-state index >= 15 is 0 Å². The zero-order chi connectivity index (χ0) is 19.0. The first-order valence-electron chi connectivity index (χ1n) is 8.80. The van der Waals surface area contributed by atoms with Crippen LogP contribution in [0.15, 0.2) is 30.5 Å². The van der Waals surface area contributed by atoms with Gasteiger partial charge in [0.1, 0.15) is 11.5 Å². The van der Waals surface area contributed by atoms with Gasteiger partial charge in [-0.1, -0.05) is 0 Å². The van der Waals surface area contributed by atoms with E-state index < -0.39 is 11.7 Å². The van der Waals surface area contributed by atoms with Crippen LogP contribution in [0.2, 0.25) is 0 Å². The van der Waals surface area contributed by atoms with Crippen LogP contribution in [0.5, 0.6) is 0 Å². The molecule has 9 heteroatoms. The van der Waals surface area contributed by atoms with E-state index in [1.807, 2.05) is 4.90 Å². The van der Waals surface area contributed by atoms with Crippen LogP contribution in [0.4, 0.5) is 19.0 Å². The maximum absolute atomic E-state index is 13.6. The lowest BCUT2D eigenvalue weighted by atomic mass is 9.97. The number of rotatable bonds is 3. The SMILES string of the molecule is NCC1CCN(c2ccc(C(F)(F)F)c(-c3[nH]nc4ncccc34)n2)CC1.[HH].[HH]. The van der Waals surface area contributed by atoms with Crippen LogP contribution < -0.4 is 10.6 Å². The quantitative estimate of drug-likeness (QED) is 0.724. The van der Waals surface area contributed by atoms with Gasteiger partial charge in [0, 0.05) is 27.5 Å². The number of halogens is 3. The molecule has 27 heavy (non-hydrogen) atoms. The lowest BCUT2D eigenvalue weighted by Crippen LogP contribution is -2.36. The summed E-state index contributed by atoms with van der Waals surface area (Å²) in [6, 6.07) is 5.88. The normalized spacial score (nSPS) is 16.2. The molecule has 3 aromatic heterocycles. The molecule has 0 bridgehead atoms. The third kappa shape index (κ3) is 3.34. The minimum absolute atomic E-state index is 0. The molecule has 0 spiro atoms. The van der Waals surface area contributed by atoms with Crippen molar-refractivity contribution in [1.82, 2.24) is 20.2 Å². The number of H-pyrrole nitrogens is 1. The van der Waals surface area contributed by atoms with E-state index in [0.29, 0.717) is 29.3 Å². The number of hydrogen-bond acceptors (Lipinski definition) is 5. The van der Waals surface area contributed by atoms with Gasteiger partial charge in [0.05, 0.1) is 11.3 Å². The molecule has 146 valence electrons. The summed E-state index contributed by atoms with van der Waals surface area (Å²) in [6.45, 7) is 2.09. The highest BCUT2D eigenvalue weighted by Gasteiger charge is 2.36. The van der Waals surface area contributed by atoms with Gasteiger partial charge >= 0.3 is 6.18 Å². The summed E-state index contributed by atoms with van der Waals surface area (Å²) in [6.07, 6.45) is -1.16. The zero-order valence-electron chi connectivity index (χ0n) is 14.5. The molecule has 0 aromatic carbocycles. The number of nitrogens with one attached hydrogen (secondary N) is 1. The maximum Gasteiger partial charge on any atom is 0.418 e. The van der Waals surface area contributed by atoms with Gasteiger partial charge in [0.15, 0.2) is 5.65 Å². The van der Waals surface area contributed by atoms with Crippen molar-refractivity contribution < 1.29 is 16.0 Å². The third-order valence-corrected chi connectivity index (χ3v) is 5.02. The number of hydrogen-bond donors (Lipinski definition) is 2.